The number of pyridine rings is 1. The van der Waals surface area contributed by atoms with E-state index in [1.54, 1.807) is 10.7 Å². The lowest BCUT2D eigenvalue weighted by atomic mass is 9.50. The Balaban J connectivity index is 1.36. The first kappa shape index (κ1) is 16.2. The van der Waals surface area contributed by atoms with Gasteiger partial charge in [-0.1, -0.05) is 6.07 Å². The molecule has 1 N–H and O–H groups in total. The van der Waals surface area contributed by atoms with Crippen LogP contribution in [0.5, 0.6) is 0 Å². The zero-order chi connectivity index (χ0) is 18.9. The van der Waals surface area contributed by atoms with Gasteiger partial charge in [0.25, 0.3) is 5.91 Å². The Labute approximate surface area is 162 Å². The third kappa shape index (κ3) is 2.20. The Morgan fingerprint density at radius 1 is 1.21 bits per heavy atom. The average Bonchev–Trinajstić information content (AvgIpc) is 3.31. The van der Waals surface area contributed by atoms with Crippen molar-refractivity contribution in [2.45, 2.75) is 56.5 Å². The van der Waals surface area contributed by atoms with Crippen LogP contribution in [0.25, 0.3) is 5.52 Å². The Hall–Kier alpha value is -2.77. The molecule has 4 aliphatic carbocycles. The van der Waals surface area contributed by atoms with Crippen LogP contribution in [0.2, 0.25) is 0 Å². The highest BCUT2D eigenvalue weighted by molar-refractivity contribution is 6.01. The number of amides is 1. The van der Waals surface area contributed by atoms with Gasteiger partial charge in [-0.3, -0.25) is 4.79 Å². The van der Waals surface area contributed by atoms with Gasteiger partial charge in [0.05, 0.1) is 22.8 Å². The summed E-state index contributed by atoms with van der Waals surface area (Å²) in [6.07, 6.45) is 11.5. The number of hydrogen-bond acceptors (Lipinski definition) is 5. The van der Waals surface area contributed by atoms with Crippen LogP contribution < -0.4 is 5.32 Å². The Morgan fingerprint density at radius 2 is 2.04 bits per heavy atom. The number of carbonyl (C=O) groups excluding carboxylic acids is 1. The van der Waals surface area contributed by atoms with Crippen LogP contribution in [-0.4, -0.2) is 41.3 Å². The lowest BCUT2D eigenvalue weighted by molar-refractivity contribution is -0.0810. The monoisotopic (exact) mass is 377 g/mol. The van der Waals surface area contributed by atoms with Gasteiger partial charge >= 0.3 is 0 Å². The molecule has 0 radical (unpaired) electrons. The third-order valence-electron chi connectivity index (χ3n) is 7.17. The molecule has 4 fully saturated rings. The van der Waals surface area contributed by atoms with Crippen LogP contribution in [0.1, 0.15) is 54.4 Å². The Morgan fingerprint density at radius 3 is 2.79 bits per heavy atom. The molecule has 144 valence electrons. The molecule has 0 saturated heterocycles. The van der Waals surface area contributed by atoms with E-state index in [0.29, 0.717) is 17.4 Å². The number of carbonyl (C=O) groups is 1. The summed E-state index contributed by atoms with van der Waals surface area (Å²) >= 11 is 0. The second-order valence-electron chi connectivity index (χ2n) is 9.19. The summed E-state index contributed by atoms with van der Waals surface area (Å²) in [5.74, 6) is 1.20. The van der Waals surface area contributed by atoms with Crippen molar-refractivity contribution >= 4 is 11.4 Å². The maximum Gasteiger partial charge on any atom is 0.255 e. The number of rotatable bonds is 3. The van der Waals surface area contributed by atoms with Gasteiger partial charge in [0.2, 0.25) is 0 Å². The second-order valence-corrected chi connectivity index (χ2v) is 9.19. The zero-order valence-corrected chi connectivity index (χ0v) is 15.9. The fourth-order valence-corrected chi connectivity index (χ4v) is 6.67. The van der Waals surface area contributed by atoms with E-state index < -0.39 is 0 Å². The normalized spacial score (nSPS) is 33.5. The van der Waals surface area contributed by atoms with Crippen LogP contribution in [0.15, 0.2) is 30.9 Å². The first-order valence-corrected chi connectivity index (χ1v) is 10.0. The van der Waals surface area contributed by atoms with Crippen molar-refractivity contribution in [2.75, 3.05) is 0 Å². The van der Waals surface area contributed by atoms with E-state index in [2.05, 4.69) is 25.8 Å². The molecule has 1 amide bonds. The molecule has 2 unspecified atom stereocenters. The first-order chi connectivity index (χ1) is 13.6. The predicted molar refractivity (Wildman–Crippen MR) is 101 cm³/mol. The molecule has 8 heteroatoms. The van der Waals surface area contributed by atoms with Gasteiger partial charge in [0.15, 0.2) is 6.33 Å². The summed E-state index contributed by atoms with van der Waals surface area (Å²) in [6.45, 7) is 2.02. The Bertz CT molecular complexity index is 1060. The molecule has 7 rings (SSSR count). The van der Waals surface area contributed by atoms with E-state index in [1.807, 2.05) is 30.0 Å². The van der Waals surface area contributed by atoms with Gasteiger partial charge in [-0.05, 0) is 74.1 Å². The molecule has 0 spiro atoms. The van der Waals surface area contributed by atoms with Crippen LogP contribution in [0, 0.1) is 18.8 Å². The number of fused-ring (bicyclic) bond motifs is 1. The number of aryl methyl sites for hydroxylation is 1. The predicted octanol–water partition coefficient (Wildman–Crippen LogP) is 2.11. The van der Waals surface area contributed by atoms with Gasteiger partial charge in [0, 0.05) is 11.7 Å². The average molecular weight is 377 g/mol. The van der Waals surface area contributed by atoms with E-state index >= 15 is 0 Å². The van der Waals surface area contributed by atoms with E-state index in [4.69, 9.17) is 0 Å². The van der Waals surface area contributed by atoms with Crippen molar-refractivity contribution in [1.29, 1.82) is 0 Å². The standard InChI is InChI=1S/C20H23N7O/c1-13-3-2-4-26-17(13)16(10-22-26)18(28)24-19-6-14-5-15(7-19)9-20(8-14,11-19)27-23-12-21-25-27/h2-4,10,12,14-15H,5-9,11H2,1H3,(H,24,28). The van der Waals surface area contributed by atoms with Crippen molar-refractivity contribution < 1.29 is 4.79 Å². The molecular formula is C20H23N7O. The number of nitrogens with zero attached hydrogens (tertiary/aromatic N) is 6. The highest BCUT2D eigenvalue weighted by Gasteiger charge is 2.60. The van der Waals surface area contributed by atoms with E-state index in [-0.39, 0.29) is 17.0 Å². The van der Waals surface area contributed by atoms with Crippen LogP contribution in [0.3, 0.4) is 0 Å². The molecule has 4 saturated carbocycles. The summed E-state index contributed by atoms with van der Waals surface area (Å²) < 4.78 is 1.78. The second kappa shape index (κ2) is 5.40. The Kier molecular flexibility index (Phi) is 3.12. The van der Waals surface area contributed by atoms with Gasteiger partial charge < -0.3 is 5.32 Å². The molecular weight excluding hydrogens is 354 g/mol. The van der Waals surface area contributed by atoms with Crippen LogP contribution in [0.4, 0.5) is 0 Å². The van der Waals surface area contributed by atoms with Crippen LogP contribution >= 0.6 is 0 Å². The van der Waals surface area contributed by atoms with E-state index in [0.717, 1.165) is 43.2 Å². The van der Waals surface area contributed by atoms with Gasteiger partial charge in [-0.15, -0.1) is 10.2 Å². The fourth-order valence-electron chi connectivity index (χ4n) is 6.67. The largest absolute Gasteiger partial charge is 0.346 e. The first-order valence-electron chi connectivity index (χ1n) is 10.0. The zero-order valence-electron chi connectivity index (χ0n) is 15.9. The molecule has 0 aliphatic heterocycles. The highest BCUT2D eigenvalue weighted by Crippen LogP contribution is 2.60. The molecule has 3 aromatic rings. The summed E-state index contributed by atoms with van der Waals surface area (Å²) in [5.41, 5.74) is 2.30. The van der Waals surface area contributed by atoms with Crippen molar-refractivity contribution in [3.8, 4) is 0 Å². The molecule has 0 aromatic carbocycles. The molecule has 2 atom stereocenters. The number of nitrogens with one attached hydrogen (secondary N) is 1. The van der Waals surface area contributed by atoms with Crippen molar-refractivity contribution in [3.05, 3.63) is 42.0 Å². The minimum absolute atomic E-state index is 0.0204. The van der Waals surface area contributed by atoms with Crippen molar-refractivity contribution in [2.24, 2.45) is 11.8 Å². The molecule has 8 nitrogen and oxygen atoms in total. The SMILES string of the molecule is Cc1cccn2ncc(C(=O)NC34CC5CC(C3)CC(n3ncnn3)(C5)C4)c12. The number of hydrogen-bond donors (Lipinski definition) is 1. The fraction of sp³-hybridized carbons (Fsp3) is 0.550. The smallest absolute Gasteiger partial charge is 0.255 e. The van der Waals surface area contributed by atoms with Gasteiger partial charge in [-0.25, -0.2) is 4.52 Å². The van der Waals surface area contributed by atoms with E-state index in [1.165, 1.54) is 12.7 Å². The maximum absolute atomic E-state index is 13.3. The van der Waals surface area contributed by atoms with Gasteiger partial charge in [-0.2, -0.15) is 9.90 Å². The van der Waals surface area contributed by atoms with Crippen molar-refractivity contribution in [1.82, 2.24) is 35.1 Å². The lowest BCUT2D eigenvalue weighted by Gasteiger charge is -2.61. The molecule has 4 aliphatic rings. The molecule has 3 heterocycles. The topological polar surface area (TPSA) is 90.0 Å². The van der Waals surface area contributed by atoms with E-state index in [9.17, 15) is 4.79 Å². The minimum Gasteiger partial charge on any atom is -0.346 e. The quantitative estimate of drug-likeness (QED) is 0.755. The van der Waals surface area contributed by atoms with Gasteiger partial charge in [0.1, 0.15) is 0 Å². The summed E-state index contributed by atoms with van der Waals surface area (Å²) in [7, 11) is 0. The third-order valence-corrected chi connectivity index (χ3v) is 7.17. The lowest BCUT2D eigenvalue weighted by Crippen LogP contribution is -2.66. The van der Waals surface area contributed by atoms with Crippen LogP contribution in [-0.2, 0) is 5.54 Å². The number of tetrazole rings is 1. The maximum atomic E-state index is 13.3. The summed E-state index contributed by atoms with van der Waals surface area (Å²) in [6, 6.07) is 3.97. The molecule has 4 bridgehead atoms. The summed E-state index contributed by atoms with van der Waals surface area (Å²) in [5, 5.41) is 20.4. The number of aromatic nitrogens is 6. The molecule has 28 heavy (non-hydrogen) atoms. The minimum atomic E-state index is -0.189. The highest BCUT2D eigenvalue weighted by atomic mass is 16.1. The summed E-state index contributed by atoms with van der Waals surface area (Å²) in [4.78, 5) is 15.2. The van der Waals surface area contributed by atoms with Crippen molar-refractivity contribution in [3.63, 3.8) is 0 Å². The molecule has 3 aromatic heterocycles.